The Morgan fingerprint density at radius 2 is 1.67 bits per heavy atom. The van der Waals surface area contributed by atoms with Crippen LogP contribution in [-0.2, 0) is 11.2 Å². The summed E-state index contributed by atoms with van der Waals surface area (Å²) < 4.78 is 25.9. The topological polar surface area (TPSA) is 72.2 Å². The van der Waals surface area contributed by atoms with Gasteiger partial charge in [-0.3, -0.25) is 14.9 Å². The maximum absolute atomic E-state index is 13.0. The molecule has 108 valence electrons. The SMILES string of the molecule is O=C(Cc1ccc([N+](=O)[O-])cc1)Nc1cc(F)cc(F)c1. The number of amides is 1. The molecule has 0 saturated carbocycles. The largest absolute Gasteiger partial charge is 0.326 e. The van der Waals surface area contributed by atoms with Gasteiger partial charge >= 0.3 is 0 Å². The van der Waals surface area contributed by atoms with E-state index in [-0.39, 0.29) is 17.8 Å². The minimum absolute atomic E-state index is 0.0133. The van der Waals surface area contributed by atoms with Crippen LogP contribution in [0.1, 0.15) is 5.56 Å². The highest BCUT2D eigenvalue weighted by Crippen LogP contribution is 2.15. The molecule has 0 aromatic heterocycles. The van der Waals surface area contributed by atoms with Crippen molar-refractivity contribution in [3.05, 3.63) is 69.8 Å². The molecule has 0 unspecified atom stereocenters. The van der Waals surface area contributed by atoms with Crippen molar-refractivity contribution in [2.45, 2.75) is 6.42 Å². The molecule has 0 spiro atoms. The molecule has 0 heterocycles. The summed E-state index contributed by atoms with van der Waals surface area (Å²) in [5.74, 6) is -2.06. The third kappa shape index (κ3) is 4.07. The van der Waals surface area contributed by atoms with E-state index in [4.69, 9.17) is 0 Å². The second-order valence-electron chi connectivity index (χ2n) is 4.31. The minimum Gasteiger partial charge on any atom is -0.326 e. The normalized spacial score (nSPS) is 10.2. The van der Waals surface area contributed by atoms with Gasteiger partial charge in [0.05, 0.1) is 11.3 Å². The summed E-state index contributed by atoms with van der Waals surface area (Å²) in [5, 5.41) is 12.9. The van der Waals surface area contributed by atoms with Crippen molar-refractivity contribution in [2.75, 3.05) is 5.32 Å². The summed E-state index contributed by atoms with van der Waals surface area (Å²) in [6.45, 7) is 0. The summed E-state index contributed by atoms with van der Waals surface area (Å²) in [5.41, 5.74) is 0.487. The van der Waals surface area contributed by atoms with Gasteiger partial charge in [-0.05, 0) is 17.7 Å². The molecule has 1 N–H and O–H groups in total. The van der Waals surface area contributed by atoms with Crippen molar-refractivity contribution < 1.29 is 18.5 Å². The van der Waals surface area contributed by atoms with Gasteiger partial charge in [0.2, 0.25) is 5.91 Å². The number of nitrogens with one attached hydrogen (secondary N) is 1. The zero-order valence-electron chi connectivity index (χ0n) is 10.7. The first-order valence-electron chi connectivity index (χ1n) is 5.93. The molecule has 0 aliphatic rings. The molecule has 21 heavy (non-hydrogen) atoms. The second-order valence-corrected chi connectivity index (χ2v) is 4.31. The molecule has 0 fully saturated rings. The fourth-order valence-electron chi connectivity index (χ4n) is 1.75. The van der Waals surface area contributed by atoms with Crippen LogP contribution in [0.5, 0.6) is 0 Å². The Morgan fingerprint density at radius 3 is 2.19 bits per heavy atom. The molecule has 0 aliphatic carbocycles. The predicted octanol–water partition coefficient (Wildman–Crippen LogP) is 3.05. The summed E-state index contributed by atoms with van der Waals surface area (Å²) in [7, 11) is 0. The number of carbonyl (C=O) groups excluding carboxylic acids is 1. The summed E-state index contributed by atoms with van der Waals surface area (Å²) in [6, 6.07) is 8.16. The molecule has 2 aromatic rings. The Hall–Kier alpha value is -2.83. The van der Waals surface area contributed by atoms with Crippen molar-refractivity contribution in [2.24, 2.45) is 0 Å². The predicted molar refractivity (Wildman–Crippen MR) is 71.8 cm³/mol. The van der Waals surface area contributed by atoms with Gasteiger partial charge in [0.25, 0.3) is 5.69 Å². The average Bonchev–Trinajstić information content (AvgIpc) is 2.37. The van der Waals surface area contributed by atoms with E-state index < -0.39 is 22.5 Å². The van der Waals surface area contributed by atoms with Gasteiger partial charge in [-0.2, -0.15) is 0 Å². The molecule has 1 amide bonds. The van der Waals surface area contributed by atoms with E-state index in [9.17, 15) is 23.7 Å². The second kappa shape index (κ2) is 6.08. The highest BCUT2D eigenvalue weighted by molar-refractivity contribution is 5.92. The van der Waals surface area contributed by atoms with Crippen LogP contribution in [0.15, 0.2) is 42.5 Å². The molecule has 0 bridgehead atoms. The van der Waals surface area contributed by atoms with Gasteiger partial charge in [-0.1, -0.05) is 12.1 Å². The molecule has 7 heteroatoms. The molecular weight excluding hydrogens is 282 g/mol. The van der Waals surface area contributed by atoms with Gasteiger partial charge in [0.15, 0.2) is 0 Å². The highest BCUT2D eigenvalue weighted by atomic mass is 19.1. The van der Waals surface area contributed by atoms with Crippen LogP contribution >= 0.6 is 0 Å². The summed E-state index contributed by atoms with van der Waals surface area (Å²) in [4.78, 5) is 21.7. The third-order valence-corrected chi connectivity index (χ3v) is 2.66. The molecule has 0 aliphatic heterocycles. The number of hydrogen-bond acceptors (Lipinski definition) is 3. The number of nitrogens with zero attached hydrogens (tertiary/aromatic N) is 1. The maximum atomic E-state index is 13.0. The number of nitro groups is 1. The van der Waals surface area contributed by atoms with Gasteiger partial charge in [-0.25, -0.2) is 8.78 Å². The number of nitro benzene ring substituents is 1. The number of non-ortho nitro benzene ring substituents is 1. The van der Waals surface area contributed by atoms with Crippen molar-refractivity contribution in [3.8, 4) is 0 Å². The summed E-state index contributed by atoms with van der Waals surface area (Å²) in [6.07, 6.45) is -0.0594. The molecule has 0 saturated heterocycles. The molecular formula is C14H10F2N2O3. The lowest BCUT2D eigenvalue weighted by molar-refractivity contribution is -0.384. The van der Waals surface area contributed by atoms with E-state index in [1.807, 2.05) is 0 Å². The molecule has 2 rings (SSSR count). The van der Waals surface area contributed by atoms with E-state index in [1.165, 1.54) is 24.3 Å². The van der Waals surface area contributed by atoms with Gasteiger partial charge in [0.1, 0.15) is 11.6 Å². The van der Waals surface area contributed by atoms with Crippen molar-refractivity contribution in [1.82, 2.24) is 0 Å². The minimum atomic E-state index is -0.791. The van der Waals surface area contributed by atoms with Crippen molar-refractivity contribution >= 4 is 17.3 Å². The lowest BCUT2D eigenvalue weighted by Crippen LogP contribution is -2.14. The lowest BCUT2D eigenvalue weighted by Gasteiger charge is -2.05. The Kier molecular flexibility index (Phi) is 4.22. The molecule has 0 radical (unpaired) electrons. The van der Waals surface area contributed by atoms with Crippen LogP contribution in [-0.4, -0.2) is 10.8 Å². The van der Waals surface area contributed by atoms with Crippen molar-refractivity contribution in [3.63, 3.8) is 0 Å². The molecule has 2 aromatic carbocycles. The van der Waals surface area contributed by atoms with Crippen LogP contribution in [0, 0.1) is 21.7 Å². The lowest BCUT2D eigenvalue weighted by atomic mass is 10.1. The number of rotatable bonds is 4. The number of halogens is 2. The smallest absolute Gasteiger partial charge is 0.269 e. The van der Waals surface area contributed by atoms with E-state index >= 15 is 0 Å². The first-order valence-corrected chi connectivity index (χ1v) is 5.93. The van der Waals surface area contributed by atoms with E-state index in [0.29, 0.717) is 11.6 Å². The van der Waals surface area contributed by atoms with Gasteiger partial charge in [0, 0.05) is 23.9 Å². The zero-order valence-corrected chi connectivity index (χ0v) is 10.7. The van der Waals surface area contributed by atoms with E-state index in [2.05, 4.69) is 5.32 Å². The highest BCUT2D eigenvalue weighted by Gasteiger charge is 2.09. The monoisotopic (exact) mass is 292 g/mol. The maximum Gasteiger partial charge on any atom is 0.269 e. The first-order chi connectivity index (χ1) is 9.94. The first kappa shape index (κ1) is 14.6. The Labute approximate surface area is 118 Å². The van der Waals surface area contributed by atoms with Crippen LogP contribution in [0.25, 0.3) is 0 Å². The van der Waals surface area contributed by atoms with Crippen LogP contribution in [0.2, 0.25) is 0 Å². The fourth-order valence-corrected chi connectivity index (χ4v) is 1.75. The molecule has 0 atom stereocenters. The standard InChI is InChI=1S/C14H10F2N2O3/c15-10-6-11(16)8-12(7-10)17-14(19)5-9-1-3-13(4-2-9)18(20)21/h1-4,6-8H,5H2,(H,17,19). The van der Waals surface area contributed by atoms with Gasteiger partial charge in [-0.15, -0.1) is 0 Å². The van der Waals surface area contributed by atoms with Crippen LogP contribution in [0.4, 0.5) is 20.2 Å². The number of anilines is 1. The number of carbonyl (C=O) groups is 1. The zero-order chi connectivity index (χ0) is 15.4. The Bertz CT molecular complexity index is 667. The van der Waals surface area contributed by atoms with E-state index in [1.54, 1.807) is 0 Å². The summed E-state index contributed by atoms with van der Waals surface area (Å²) >= 11 is 0. The Morgan fingerprint density at radius 1 is 1.10 bits per heavy atom. The van der Waals surface area contributed by atoms with Crippen molar-refractivity contribution in [1.29, 1.82) is 0 Å². The van der Waals surface area contributed by atoms with Crippen LogP contribution < -0.4 is 5.32 Å². The third-order valence-electron chi connectivity index (χ3n) is 2.66. The van der Waals surface area contributed by atoms with E-state index in [0.717, 1.165) is 12.1 Å². The number of benzene rings is 2. The fraction of sp³-hybridized carbons (Fsp3) is 0.0714. The average molecular weight is 292 g/mol. The van der Waals surface area contributed by atoms with Crippen LogP contribution in [0.3, 0.4) is 0 Å². The van der Waals surface area contributed by atoms with Gasteiger partial charge < -0.3 is 5.32 Å². The number of hydrogen-bond donors (Lipinski definition) is 1. The molecule has 5 nitrogen and oxygen atoms in total. The Balaban J connectivity index is 2.02. The quantitative estimate of drug-likeness (QED) is 0.695.